The van der Waals surface area contributed by atoms with E-state index in [1.165, 1.54) is 49.2 Å². The molecule has 3 nitrogen and oxygen atoms in total. The van der Waals surface area contributed by atoms with E-state index in [1.807, 2.05) is 0 Å². The van der Waals surface area contributed by atoms with E-state index in [0.29, 0.717) is 0 Å². The van der Waals surface area contributed by atoms with Crippen LogP contribution < -0.4 is 4.90 Å². The fourth-order valence-electron chi connectivity index (χ4n) is 9.31. The van der Waals surface area contributed by atoms with Gasteiger partial charge in [0.05, 0.1) is 22.1 Å². The summed E-state index contributed by atoms with van der Waals surface area (Å²) in [6.45, 7) is 0. The molecule has 0 aliphatic rings. The van der Waals surface area contributed by atoms with Crippen LogP contribution in [0.3, 0.4) is 0 Å². The normalized spacial score (nSPS) is 11.7. The van der Waals surface area contributed by atoms with Gasteiger partial charge in [0.1, 0.15) is 11.2 Å². The van der Waals surface area contributed by atoms with Crippen LogP contribution in [-0.2, 0) is 0 Å². The van der Waals surface area contributed by atoms with Crippen molar-refractivity contribution in [1.82, 2.24) is 4.57 Å². The molecule has 0 saturated carbocycles. The molecule has 276 valence electrons. The zero-order valence-electron chi connectivity index (χ0n) is 32.1. The van der Waals surface area contributed by atoms with Crippen LogP contribution in [0.1, 0.15) is 0 Å². The van der Waals surface area contributed by atoms with Crippen LogP contribution in [0.5, 0.6) is 0 Å². The van der Waals surface area contributed by atoms with Gasteiger partial charge in [-0.05, 0) is 104 Å². The summed E-state index contributed by atoms with van der Waals surface area (Å²) in [4.78, 5) is 2.44. The average Bonchev–Trinajstić information content (AvgIpc) is 3.85. The van der Waals surface area contributed by atoms with Crippen molar-refractivity contribution in [2.24, 2.45) is 0 Å². The Bertz CT molecular complexity index is 3530. The minimum absolute atomic E-state index is 0.845. The molecule has 59 heavy (non-hydrogen) atoms. The Morgan fingerprint density at radius 2 is 0.966 bits per heavy atom. The molecule has 0 bridgehead atoms. The smallest absolute Gasteiger partial charge is 0.139 e. The van der Waals surface area contributed by atoms with Gasteiger partial charge in [0, 0.05) is 39.3 Å². The molecule has 10 aromatic carbocycles. The molecule has 0 amide bonds. The van der Waals surface area contributed by atoms with Crippen LogP contribution in [0.2, 0.25) is 0 Å². The van der Waals surface area contributed by atoms with Crippen molar-refractivity contribution in [3.63, 3.8) is 0 Å². The number of hydrogen-bond donors (Lipinski definition) is 0. The number of aromatic nitrogens is 1. The zero-order chi connectivity index (χ0) is 38.9. The van der Waals surface area contributed by atoms with Gasteiger partial charge >= 0.3 is 0 Å². The lowest BCUT2D eigenvalue weighted by molar-refractivity contribution is 0.669. The number of para-hydroxylation sites is 3. The highest BCUT2D eigenvalue weighted by atomic mass is 16.3. The first-order valence-electron chi connectivity index (χ1n) is 20.2. The molecule has 0 unspecified atom stereocenters. The van der Waals surface area contributed by atoms with Crippen LogP contribution in [0.25, 0.3) is 93.2 Å². The molecule has 12 rings (SSSR count). The number of anilines is 3. The van der Waals surface area contributed by atoms with Crippen molar-refractivity contribution in [3.05, 3.63) is 218 Å². The average molecular weight is 753 g/mol. The Labute approximate surface area is 341 Å². The van der Waals surface area contributed by atoms with E-state index < -0.39 is 0 Å². The Balaban J connectivity index is 1.18. The van der Waals surface area contributed by atoms with Crippen molar-refractivity contribution >= 4 is 82.4 Å². The van der Waals surface area contributed by atoms with Crippen LogP contribution >= 0.6 is 0 Å². The third kappa shape index (κ3) is 5.29. The van der Waals surface area contributed by atoms with E-state index >= 15 is 0 Å². The first kappa shape index (κ1) is 33.3. The van der Waals surface area contributed by atoms with Gasteiger partial charge in [-0.25, -0.2) is 0 Å². The molecule has 0 radical (unpaired) electrons. The highest BCUT2D eigenvalue weighted by Gasteiger charge is 2.27. The Hall–Kier alpha value is -7.88. The molecule has 0 aliphatic heterocycles. The third-order valence-corrected chi connectivity index (χ3v) is 11.9. The molecular formula is C56H36N2O. The molecule has 2 heterocycles. The number of nitrogens with zero attached hydrogens (tertiary/aromatic N) is 2. The first-order chi connectivity index (χ1) is 29.3. The summed E-state index contributed by atoms with van der Waals surface area (Å²) < 4.78 is 9.21. The van der Waals surface area contributed by atoms with Gasteiger partial charge in [0.25, 0.3) is 0 Å². The summed E-state index contributed by atoms with van der Waals surface area (Å²) in [7, 11) is 0. The first-order valence-corrected chi connectivity index (χ1v) is 20.2. The molecule has 0 saturated heterocycles. The SMILES string of the molecule is c1ccc(-c2ccc3c(c2)c2c(N(c4ccccc4)c4ccc(-c5cc6ccccc6c6ccccc56)cc4)c4c(cc2n3-c2ccccc2)oc2ccccc24)cc1. The summed E-state index contributed by atoms with van der Waals surface area (Å²) in [5.74, 6) is 0. The molecule has 3 heteroatoms. The summed E-state index contributed by atoms with van der Waals surface area (Å²) in [6, 6.07) is 78.7. The summed E-state index contributed by atoms with van der Waals surface area (Å²) >= 11 is 0. The minimum atomic E-state index is 0.845. The van der Waals surface area contributed by atoms with Gasteiger partial charge in [-0.1, -0.05) is 152 Å². The third-order valence-electron chi connectivity index (χ3n) is 11.9. The van der Waals surface area contributed by atoms with E-state index in [4.69, 9.17) is 4.42 Å². The maximum atomic E-state index is 6.82. The lowest BCUT2D eigenvalue weighted by atomic mass is 9.93. The number of hydrogen-bond acceptors (Lipinski definition) is 2. The van der Waals surface area contributed by atoms with E-state index in [2.05, 4.69) is 228 Å². The Morgan fingerprint density at radius 3 is 1.75 bits per heavy atom. The van der Waals surface area contributed by atoms with E-state index in [-0.39, 0.29) is 0 Å². The monoisotopic (exact) mass is 752 g/mol. The molecule has 12 aromatic rings. The number of rotatable bonds is 6. The molecular weight excluding hydrogens is 717 g/mol. The Kier molecular flexibility index (Phi) is 7.54. The number of furan rings is 1. The van der Waals surface area contributed by atoms with Crippen LogP contribution in [-0.4, -0.2) is 4.57 Å². The van der Waals surface area contributed by atoms with Crippen molar-refractivity contribution in [3.8, 4) is 27.9 Å². The fourth-order valence-corrected chi connectivity index (χ4v) is 9.31. The lowest BCUT2D eigenvalue weighted by Gasteiger charge is -2.27. The van der Waals surface area contributed by atoms with Gasteiger partial charge in [0.15, 0.2) is 0 Å². The molecule has 0 aliphatic carbocycles. The highest BCUT2D eigenvalue weighted by Crippen LogP contribution is 2.51. The largest absolute Gasteiger partial charge is 0.456 e. The summed E-state index contributed by atoms with van der Waals surface area (Å²) in [5, 5.41) is 9.52. The molecule has 0 spiro atoms. The second-order valence-corrected chi connectivity index (χ2v) is 15.3. The molecule has 0 fully saturated rings. The minimum Gasteiger partial charge on any atom is -0.456 e. The van der Waals surface area contributed by atoms with E-state index in [1.54, 1.807) is 0 Å². The number of benzene rings is 10. The van der Waals surface area contributed by atoms with Gasteiger partial charge in [-0.3, -0.25) is 0 Å². The topological polar surface area (TPSA) is 21.3 Å². The van der Waals surface area contributed by atoms with Crippen molar-refractivity contribution in [2.75, 3.05) is 4.90 Å². The van der Waals surface area contributed by atoms with Crippen molar-refractivity contribution in [1.29, 1.82) is 0 Å². The second kappa shape index (κ2) is 13.4. The van der Waals surface area contributed by atoms with Gasteiger partial charge in [0.2, 0.25) is 0 Å². The predicted molar refractivity (Wildman–Crippen MR) is 249 cm³/mol. The predicted octanol–water partition coefficient (Wildman–Crippen LogP) is 15.8. The van der Waals surface area contributed by atoms with E-state index in [9.17, 15) is 0 Å². The summed E-state index contributed by atoms with van der Waals surface area (Å²) in [6.07, 6.45) is 0. The van der Waals surface area contributed by atoms with Crippen molar-refractivity contribution in [2.45, 2.75) is 0 Å². The van der Waals surface area contributed by atoms with Gasteiger partial charge in [-0.2, -0.15) is 0 Å². The summed E-state index contributed by atoms with van der Waals surface area (Å²) in [5.41, 5.74) is 13.0. The maximum absolute atomic E-state index is 6.82. The van der Waals surface area contributed by atoms with E-state index in [0.717, 1.165) is 61.1 Å². The quantitative estimate of drug-likeness (QED) is 0.158. The molecule has 0 N–H and O–H groups in total. The van der Waals surface area contributed by atoms with Gasteiger partial charge < -0.3 is 13.9 Å². The Morgan fingerprint density at radius 1 is 0.356 bits per heavy atom. The van der Waals surface area contributed by atoms with Crippen molar-refractivity contribution < 1.29 is 4.42 Å². The fraction of sp³-hybridized carbons (Fsp3) is 0. The molecule has 0 atom stereocenters. The van der Waals surface area contributed by atoms with Crippen LogP contribution in [0, 0.1) is 0 Å². The lowest BCUT2D eigenvalue weighted by Crippen LogP contribution is -2.11. The standard InChI is InChI=1S/C56H36N2O/c1-4-16-37(17-5-1)39-30-33-50-49(34-39)54-51(58(50)42-21-8-3-9-22-42)36-53-55(47-26-14-15-27-52(47)59-53)56(54)57(41-19-6-2-7-20-41)43-31-28-38(29-32-43)48-35-40-18-10-11-23-44(40)45-24-12-13-25-46(45)48/h1-36H. The van der Waals surface area contributed by atoms with Crippen LogP contribution in [0.15, 0.2) is 223 Å². The van der Waals surface area contributed by atoms with Crippen LogP contribution in [0.4, 0.5) is 17.1 Å². The van der Waals surface area contributed by atoms with Gasteiger partial charge in [-0.15, -0.1) is 0 Å². The highest BCUT2D eigenvalue weighted by molar-refractivity contribution is 6.28. The number of fused-ring (bicyclic) bond motifs is 9. The maximum Gasteiger partial charge on any atom is 0.139 e. The zero-order valence-corrected chi connectivity index (χ0v) is 32.1. The second-order valence-electron chi connectivity index (χ2n) is 15.3. The molecule has 2 aromatic heterocycles.